The van der Waals surface area contributed by atoms with Gasteiger partial charge in [-0.2, -0.15) is 0 Å². The second kappa shape index (κ2) is 8.56. The maximum Gasteiger partial charge on any atom is 0.258 e. The summed E-state index contributed by atoms with van der Waals surface area (Å²) in [6.07, 6.45) is 0.994. The molecule has 3 rings (SSSR count). The molecule has 0 bridgehead atoms. The number of amides is 2. The van der Waals surface area contributed by atoms with Crippen molar-refractivity contribution in [2.45, 2.75) is 64.1 Å². The lowest BCUT2D eigenvalue weighted by molar-refractivity contribution is -0.181. The van der Waals surface area contributed by atoms with Crippen LogP contribution >= 0.6 is 0 Å². The number of nitrogens with two attached hydrogens (primary N) is 1. The molecule has 2 aromatic carbocycles. The number of hydrogen-bond acceptors (Lipinski definition) is 3. The Morgan fingerprint density at radius 2 is 1.70 bits per heavy atom. The molecule has 160 valence electrons. The Morgan fingerprint density at radius 3 is 2.27 bits per heavy atom. The van der Waals surface area contributed by atoms with Crippen LogP contribution in [0.5, 0.6) is 0 Å². The first-order valence-corrected chi connectivity index (χ1v) is 10.3. The van der Waals surface area contributed by atoms with Crippen LogP contribution in [0.2, 0.25) is 0 Å². The van der Waals surface area contributed by atoms with Gasteiger partial charge in [0, 0.05) is 6.92 Å². The number of carbonyl (C=O) groups is 2. The lowest BCUT2D eigenvalue weighted by Gasteiger charge is -2.46. The normalized spacial score (nSPS) is 22.5. The first kappa shape index (κ1) is 22.0. The highest BCUT2D eigenvalue weighted by Crippen LogP contribution is 2.41. The Kier molecular flexibility index (Phi) is 6.27. The zero-order chi connectivity index (χ0) is 22.1. The molecule has 2 amide bonds. The van der Waals surface area contributed by atoms with Crippen molar-refractivity contribution in [2.24, 2.45) is 5.73 Å². The second-order valence-electron chi connectivity index (χ2n) is 8.94. The fourth-order valence-electron chi connectivity index (χ4n) is 4.37. The maximum absolute atomic E-state index is 14.1. The third-order valence-electron chi connectivity index (χ3n) is 5.54. The molecule has 1 heterocycles. The SMILES string of the molecule is CC(=O)N(N1C(=O)C(N)CC(c2ccccc2)CC1c1cccc(F)c1)C(C)(C)C. The highest BCUT2D eigenvalue weighted by Gasteiger charge is 2.43. The molecule has 1 fully saturated rings. The van der Waals surface area contributed by atoms with Gasteiger partial charge in [0.25, 0.3) is 5.91 Å². The van der Waals surface area contributed by atoms with E-state index in [0.717, 1.165) is 5.56 Å². The molecule has 6 heteroatoms. The van der Waals surface area contributed by atoms with Crippen molar-refractivity contribution < 1.29 is 14.0 Å². The molecule has 0 radical (unpaired) electrons. The van der Waals surface area contributed by atoms with Gasteiger partial charge in [-0.1, -0.05) is 42.5 Å². The molecule has 2 aromatic rings. The Morgan fingerprint density at radius 1 is 1.07 bits per heavy atom. The van der Waals surface area contributed by atoms with E-state index in [1.54, 1.807) is 12.1 Å². The molecule has 0 aromatic heterocycles. The second-order valence-corrected chi connectivity index (χ2v) is 8.94. The first-order valence-electron chi connectivity index (χ1n) is 10.3. The van der Waals surface area contributed by atoms with Crippen LogP contribution in [0, 0.1) is 5.82 Å². The predicted octanol–water partition coefficient (Wildman–Crippen LogP) is 4.16. The van der Waals surface area contributed by atoms with E-state index in [4.69, 9.17) is 5.73 Å². The van der Waals surface area contributed by atoms with Crippen LogP contribution in [-0.2, 0) is 9.59 Å². The number of rotatable bonds is 3. The van der Waals surface area contributed by atoms with E-state index in [0.29, 0.717) is 18.4 Å². The zero-order valence-electron chi connectivity index (χ0n) is 18.0. The van der Waals surface area contributed by atoms with Crippen molar-refractivity contribution in [1.29, 1.82) is 0 Å². The molecule has 5 nitrogen and oxygen atoms in total. The summed E-state index contributed by atoms with van der Waals surface area (Å²) in [6.45, 7) is 7.05. The highest BCUT2D eigenvalue weighted by atomic mass is 19.1. The van der Waals surface area contributed by atoms with Crippen molar-refractivity contribution in [2.75, 3.05) is 0 Å². The average molecular weight is 412 g/mol. The number of benzene rings is 2. The third kappa shape index (κ3) is 4.54. The summed E-state index contributed by atoms with van der Waals surface area (Å²) < 4.78 is 14.1. The van der Waals surface area contributed by atoms with Crippen LogP contribution in [0.15, 0.2) is 54.6 Å². The summed E-state index contributed by atoms with van der Waals surface area (Å²) >= 11 is 0. The predicted molar refractivity (Wildman–Crippen MR) is 115 cm³/mol. The molecule has 0 spiro atoms. The number of halogens is 1. The van der Waals surface area contributed by atoms with E-state index >= 15 is 0 Å². The van der Waals surface area contributed by atoms with E-state index in [2.05, 4.69) is 0 Å². The van der Waals surface area contributed by atoms with Crippen LogP contribution in [0.4, 0.5) is 4.39 Å². The lowest BCUT2D eigenvalue weighted by atomic mass is 9.86. The molecule has 1 saturated heterocycles. The fourth-order valence-corrected chi connectivity index (χ4v) is 4.37. The largest absolute Gasteiger partial charge is 0.320 e. The summed E-state index contributed by atoms with van der Waals surface area (Å²) in [5, 5.41) is 2.95. The van der Waals surface area contributed by atoms with Crippen molar-refractivity contribution >= 4 is 11.8 Å². The van der Waals surface area contributed by atoms with Gasteiger partial charge < -0.3 is 5.73 Å². The third-order valence-corrected chi connectivity index (χ3v) is 5.54. The van der Waals surface area contributed by atoms with Gasteiger partial charge in [-0.25, -0.2) is 14.4 Å². The molecular formula is C24H30FN3O2. The first-order chi connectivity index (χ1) is 14.1. The lowest BCUT2D eigenvalue weighted by Crippen LogP contribution is -2.60. The summed E-state index contributed by atoms with van der Waals surface area (Å²) in [5.41, 5.74) is 7.42. The van der Waals surface area contributed by atoms with Gasteiger partial charge in [0.2, 0.25) is 5.91 Å². The summed E-state index contributed by atoms with van der Waals surface area (Å²) in [6, 6.07) is 14.9. The molecule has 2 N–H and O–H groups in total. The minimum absolute atomic E-state index is 0.00260. The number of hydrogen-bond donors (Lipinski definition) is 1. The van der Waals surface area contributed by atoms with E-state index < -0.39 is 17.6 Å². The van der Waals surface area contributed by atoms with E-state index in [1.807, 2.05) is 51.1 Å². The molecule has 3 atom stereocenters. The minimum Gasteiger partial charge on any atom is -0.320 e. The van der Waals surface area contributed by atoms with Gasteiger partial charge in [-0.3, -0.25) is 9.59 Å². The minimum atomic E-state index is -0.766. The van der Waals surface area contributed by atoms with Crippen LogP contribution in [0.3, 0.4) is 0 Å². The van der Waals surface area contributed by atoms with Gasteiger partial charge >= 0.3 is 0 Å². The Bertz CT molecular complexity index is 910. The number of hydrazine groups is 1. The fraction of sp³-hybridized carbons (Fsp3) is 0.417. The van der Waals surface area contributed by atoms with Crippen molar-refractivity contribution in [3.05, 3.63) is 71.5 Å². The Balaban J connectivity index is 2.16. The monoisotopic (exact) mass is 411 g/mol. The molecule has 1 aliphatic heterocycles. The van der Waals surface area contributed by atoms with E-state index in [1.165, 1.54) is 29.1 Å². The van der Waals surface area contributed by atoms with E-state index in [-0.39, 0.29) is 23.5 Å². The van der Waals surface area contributed by atoms with Gasteiger partial charge in [0.1, 0.15) is 5.82 Å². The van der Waals surface area contributed by atoms with Crippen molar-refractivity contribution in [3.8, 4) is 0 Å². The highest BCUT2D eigenvalue weighted by molar-refractivity contribution is 5.86. The van der Waals surface area contributed by atoms with Gasteiger partial charge in [-0.15, -0.1) is 0 Å². The van der Waals surface area contributed by atoms with Crippen LogP contribution in [0.25, 0.3) is 0 Å². The molecule has 0 saturated carbocycles. The summed E-state index contributed by atoms with van der Waals surface area (Å²) in [5.74, 6) is -0.970. The van der Waals surface area contributed by atoms with E-state index in [9.17, 15) is 14.0 Å². The van der Waals surface area contributed by atoms with Gasteiger partial charge in [-0.05, 0) is 62.8 Å². The molecule has 1 aliphatic rings. The zero-order valence-corrected chi connectivity index (χ0v) is 18.0. The van der Waals surface area contributed by atoms with Gasteiger partial charge in [0.15, 0.2) is 0 Å². The molecular weight excluding hydrogens is 381 g/mol. The Hall–Kier alpha value is -2.73. The molecule has 3 unspecified atom stereocenters. The summed E-state index contributed by atoms with van der Waals surface area (Å²) in [4.78, 5) is 26.2. The van der Waals surface area contributed by atoms with Gasteiger partial charge in [0.05, 0.1) is 17.6 Å². The number of nitrogens with zero attached hydrogens (tertiary/aromatic N) is 2. The standard InChI is InChI=1S/C24H30FN3O2/c1-16(29)28(24(2,3)4)27-22(18-11-8-12-20(25)13-18)15-19(14-21(26)23(27)30)17-9-6-5-7-10-17/h5-13,19,21-22H,14-15,26H2,1-4H3. The van der Waals surface area contributed by atoms with Crippen molar-refractivity contribution in [1.82, 2.24) is 10.0 Å². The van der Waals surface area contributed by atoms with Crippen LogP contribution in [0.1, 0.15) is 63.6 Å². The van der Waals surface area contributed by atoms with Crippen molar-refractivity contribution in [3.63, 3.8) is 0 Å². The average Bonchev–Trinajstić information content (AvgIpc) is 2.79. The number of carbonyl (C=O) groups excluding carboxylic acids is 2. The Labute approximate surface area is 177 Å². The van der Waals surface area contributed by atoms with Crippen LogP contribution in [-0.4, -0.2) is 33.4 Å². The molecule has 0 aliphatic carbocycles. The topological polar surface area (TPSA) is 66.6 Å². The maximum atomic E-state index is 14.1. The van der Waals surface area contributed by atoms with Crippen LogP contribution < -0.4 is 5.73 Å². The summed E-state index contributed by atoms with van der Waals surface area (Å²) in [7, 11) is 0. The smallest absolute Gasteiger partial charge is 0.258 e. The quantitative estimate of drug-likeness (QED) is 0.825. The molecule has 30 heavy (non-hydrogen) atoms.